The second kappa shape index (κ2) is 3.88. The van der Waals surface area contributed by atoms with Gasteiger partial charge in [-0.2, -0.15) is 5.10 Å². The van der Waals surface area contributed by atoms with Crippen molar-refractivity contribution < 1.29 is 0 Å². The molecule has 0 aromatic heterocycles. The predicted octanol–water partition coefficient (Wildman–Crippen LogP) is 1.66. The van der Waals surface area contributed by atoms with Gasteiger partial charge in [0, 0.05) is 0 Å². The van der Waals surface area contributed by atoms with Gasteiger partial charge in [0.2, 0.25) is 0 Å². The van der Waals surface area contributed by atoms with Gasteiger partial charge in [-0.25, -0.2) is 0 Å². The highest BCUT2D eigenvalue weighted by Gasteiger charge is 1.88. The molecule has 0 rings (SSSR count). The summed E-state index contributed by atoms with van der Waals surface area (Å²) in [6, 6.07) is 0. The first-order valence-electron chi connectivity index (χ1n) is 2.24. The number of nitrogens with zero attached hydrogens (tertiary/aromatic N) is 1. The molecule has 0 heterocycles. The van der Waals surface area contributed by atoms with Gasteiger partial charge in [-0.15, -0.1) is 0 Å². The standard InChI is InChI=1S/C5H9IN2/c1-4(3-6)5(2)8-7/h3H,7H2,1-2H3/b4-3-,8-5-. The van der Waals surface area contributed by atoms with Crippen LogP contribution in [-0.2, 0) is 0 Å². The number of halogens is 1. The number of allylic oxidation sites excluding steroid dienone is 1. The van der Waals surface area contributed by atoms with E-state index in [1.165, 1.54) is 0 Å². The van der Waals surface area contributed by atoms with E-state index in [9.17, 15) is 0 Å². The maximum atomic E-state index is 4.99. The molecular formula is C5H9IN2. The Hall–Kier alpha value is -0.0600. The van der Waals surface area contributed by atoms with Crippen LogP contribution in [0.5, 0.6) is 0 Å². The summed E-state index contributed by atoms with van der Waals surface area (Å²) < 4.78 is 1.95. The van der Waals surface area contributed by atoms with Crippen LogP contribution in [0.25, 0.3) is 0 Å². The van der Waals surface area contributed by atoms with E-state index in [2.05, 4.69) is 27.7 Å². The molecule has 46 valence electrons. The van der Waals surface area contributed by atoms with Gasteiger partial charge in [0.05, 0.1) is 5.71 Å². The van der Waals surface area contributed by atoms with Crippen LogP contribution in [-0.4, -0.2) is 5.71 Å². The van der Waals surface area contributed by atoms with E-state index in [1.54, 1.807) is 0 Å². The first kappa shape index (κ1) is 7.94. The van der Waals surface area contributed by atoms with Crippen LogP contribution in [0.2, 0.25) is 0 Å². The normalized spacial score (nSPS) is 14.4. The van der Waals surface area contributed by atoms with Crippen molar-refractivity contribution in [3.8, 4) is 0 Å². The summed E-state index contributed by atoms with van der Waals surface area (Å²) in [6.45, 7) is 3.85. The minimum Gasteiger partial charge on any atom is -0.323 e. The average Bonchev–Trinajstić information content (AvgIpc) is 1.84. The minimum absolute atomic E-state index is 0.888. The first-order valence-corrected chi connectivity index (χ1v) is 3.48. The number of hydrazone groups is 1. The third-order valence-electron chi connectivity index (χ3n) is 0.928. The fraction of sp³-hybridized carbons (Fsp3) is 0.400. The maximum Gasteiger partial charge on any atom is 0.0603 e. The number of rotatable bonds is 1. The van der Waals surface area contributed by atoms with Crippen molar-refractivity contribution in [2.45, 2.75) is 13.8 Å². The zero-order chi connectivity index (χ0) is 6.57. The van der Waals surface area contributed by atoms with Gasteiger partial charge < -0.3 is 5.84 Å². The largest absolute Gasteiger partial charge is 0.323 e. The van der Waals surface area contributed by atoms with Crippen molar-refractivity contribution >= 4 is 28.3 Å². The van der Waals surface area contributed by atoms with Crippen molar-refractivity contribution in [2.75, 3.05) is 0 Å². The molecule has 0 saturated carbocycles. The molecule has 0 saturated heterocycles. The number of hydrogen-bond donors (Lipinski definition) is 1. The molecule has 0 bridgehead atoms. The highest BCUT2D eigenvalue weighted by molar-refractivity contribution is 14.1. The van der Waals surface area contributed by atoms with Crippen LogP contribution in [0.1, 0.15) is 13.8 Å². The molecule has 0 aliphatic carbocycles. The summed E-state index contributed by atoms with van der Waals surface area (Å²) in [4.78, 5) is 0. The van der Waals surface area contributed by atoms with Gasteiger partial charge in [0.1, 0.15) is 0 Å². The molecule has 8 heavy (non-hydrogen) atoms. The van der Waals surface area contributed by atoms with Gasteiger partial charge in [-0.3, -0.25) is 0 Å². The second-order valence-corrected chi connectivity index (χ2v) is 2.13. The molecule has 0 amide bonds. The lowest BCUT2D eigenvalue weighted by molar-refractivity contribution is 1.23. The van der Waals surface area contributed by atoms with E-state index in [0.717, 1.165) is 11.3 Å². The van der Waals surface area contributed by atoms with Crippen LogP contribution < -0.4 is 5.84 Å². The molecule has 0 aliphatic heterocycles. The quantitative estimate of drug-likeness (QED) is 0.313. The fourth-order valence-corrected chi connectivity index (χ4v) is 0.631. The summed E-state index contributed by atoms with van der Waals surface area (Å²) in [6.07, 6.45) is 0. The van der Waals surface area contributed by atoms with Crippen molar-refractivity contribution in [3.63, 3.8) is 0 Å². The number of hydrogen-bond acceptors (Lipinski definition) is 2. The summed E-state index contributed by atoms with van der Waals surface area (Å²) in [5, 5.41) is 3.50. The Balaban J connectivity index is 4.04. The summed E-state index contributed by atoms with van der Waals surface area (Å²) >= 11 is 2.15. The molecule has 2 nitrogen and oxygen atoms in total. The van der Waals surface area contributed by atoms with Crippen molar-refractivity contribution in [1.29, 1.82) is 0 Å². The molecule has 0 atom stereocenters. The molecule has 2 N–H and O–H groups in total. The van der Waals surface area contributed by atoms with Gasteiger partial charge in [-0.1, -0.05) is 22.6 Å². The summed E-state index contributed by atoms with van der Waals surface area (Å²) in [5.41, 5.74) is 2.01. The zero-order valence-corrected chi connectivity index (χ0v) is 7.14. The highest BCUT2D eigenvalue weighted by atomic mass is 127. The SMILES string of the molecule is CC(=C/I)/C(C)=N\N. The molecular weight excluding hydrogens is 215 g/mol. The van der Waals surface area contributed by atoms with Crippen LogP contribution in [0, 0.1) is 0 Å². The fourth-order valence-electron chi connectivity index (χ4n) is 0.181. The van der Waals surface area contributed by atoms with Crippen LogP contribution in [0.4, 0.5) is 0 Å². The van der Waals surface area contributed by atoms with Gasteiger partial charge in [-0.05, 0) is 23.5 Å². The molecule has 0 radical (unpaired) electrons. The lowest BCUT2D eigenvalue weighted by Crippen LogP contribution is -1.96. The third-order valence-corrected chi connectivity index (χ3v) is 1.86. The molecule has 3 heteroatoms. The molecule has 0 spiro atoms. The van der Waals surface area contributed by atoms with Gasteiger partial charge in [0.25, 0.3) is 0 Å². The molecule has 0 aromatic carbocycles. The number of nitrogens with two attached hydrogens (primary N) is 1. The molecule has 0 fully saturated rings. The summed E-state index contributed by atoms with van der Waals surface area (Å²) in [7, 11) is 0. The Labute approximate surface area is 63.0 Å². The van der Waals surface area contributed by atoms with Gasteiger partial charge >= 0.3 is 0 Å². The first-order chi connectivity index (χ1) is 3.72. The smallest absolute Gasteiger partial charge is 0.0603 e. The van der Waals surface area contributed by atoms with Crippen molar-refractivity contribution in [2.24, 2.45) is 10.9 Å². The topological polar surface area (TPSA) is 38.4 Å². The van der Waals surface area contributed by atoms with E-state index < -0.39 is 0 Å². The Morgan fingerprint density at radius 3 is 2.25 bits per heavy atom. The Morgan fingerprint density at radius 1 is 1.62 bits per heavy atom. The van der Waals surface area contributed by atoms with Crippen molar-refractivity contribution in [3.05, 3.63) is 9.66 Å². The van der Waals surface area contributed by atoms with E-state index in [0.29, 0.717) is 0 Å². The maximum absolute atomic E-state index is 4.99. The Morgan fingerprint density at radius 2 is 2.12 bits per heavy atom. The van der Waals surface area contributed by atoms with Gasteiger partial charge in [0.15, 0.2) is 0 Å². The third kappa shape index (κ3) is 2.30. The Bertz CT molecular complexity index is 110. The Kier molecular flexibility index (Phi) is 3.85. The van der Waals surface area contributed by atoms with Crippen LogP contribution >= 0.6 is 22.6 Å². The van der Waals surface area contributed by atoms with Crippen LogP contribution in [0.3, 0.4) is 0 Å². The van der Waals surface area contributed by atoms with E-state index in [4.69, 9.17) is 5.84 Å². The lowest BCUT2D eigenvalue weighted by atomic mass is 10.2. The minimum atomic E-state index is 0.888. The molecule has 0 aliphatic rings. The molecule has 0 aromatic rings. The lowest BCUT2D eigenvalue weighted by Gasteiger charge is -1.92. The van der Waals surface area contributed by atoms with E-state index in [-0.39, 0.29) is 0 Å². The van der Waals surface area contributed by atoms with E-state index in [1.807, 2.05) is 17.9 Å². The highest BCUT2D eigenvalue weighted by Crippen LogP contribution is 1.98. The second-order valence-electron chi connectivity index (χ2n) is 1.51. The zero-order valence-electron chi connectivity index (χ0n) is 4.98. The van der Waals surface area contributed by atoms with Crippen LogP contribution in [0.15, 0.2) is 14.8 Å². The predicted molar refractivity (Wildman–Crippen MR) is 45.1 cm³/mol. The monoisotopic (exact) mass is 224 g/mol. The summed E-state index contributed by atoms with van der Waals surface area (Å²) in [5.74, 6) is 4.99. The molecule has 0 unspecified atom stereocenters. The van der Waals surface area contributed by atoms with Crippen molar-refractivity contribution in [1.82, 2.24) is 0 Å². The average molecular weight is 224 g/mol. The van der Waals surface area contributed by atoms with E-state index >= 15 is 0 Å².